The molecule has 0 saturated carbocycles. The highest BCUT2D eigenvalue weighted by Crippen LogP contribution is 2.15. The minimum absolute atomic E-state index is 0.564. The van der Waals surface area contributed by atoms with Crippen molar-refractivity contribution in [3.8, 4) is 0 Å². The molecule has 0 aromatic carbocycles. The lowest BCUT2D eigenvalue weighted by Gasteiger charge is -2.17. The van der Waals surface area contributed by atoms with Crippen LogP contribution >= 0.6 is 12.6 Å². The minimum Gasteiger partial charge on any atom is -0.225 e. The van der Waals surface area contributed by atoms with Gasteiger partial charge in [0.05, 0.1) is 0 Å². The normalized spacial score (nSPS) is 44.8. The molecule has 1 saturated heterocycles. The van der Waals surface area contributed by atoms with E-state index in [9.17, 15) is 4.21 Å². The van der Waals surface area contributed by atoms with Gasteiger partial charge in [0.25, 0.3) is 0 Å². The molecule has 6 heavy (non-hydrogen) atoms. The van der Waals surface area contributed by atoms with E-state index in [1.807, 2.05) is 0 Å². The molecule has 0 bridgehead atoms. The van der Waals surface area contributed by atoms with E-state index in [1.54, 1.807) is 0 Å². The fourth-order valence-electron chi connectivity index (χ4n) is 0.142. The average Bonchev–Trinajstić information content (AvgIpc) is 1.33. The first-order chi connectivity index (χ1) is 2.79. The Morgan fingerprint density at radius 1 is 1.67 bits per heavy atom. The summed E-state index contributed by atoms with van der Waals surface area (Å²) in [5.74, 6) is 0. The summed E-state index contributed by atoms with van der Waals surface area (Å²) in [6.45, 7) is 0. The predicted molar refractivity (Wildman–Crippen MR) is 23.1 cm³/mol. The first-order valence-corrected chi connectivity index (χ1v) is 2.75. The Kier molecular flexibility index (Phi) is 1.14. The molecule has 1 aliphatic heterocycles. The molecule has 0 aromatic rings. The van der Waals surface area contributed by atoms with Crippen LogP contribution < -0.4 is 0 Å². The van der Waals surface area contributed by atoms with Crippen molar-refractivity contribution in [3.63, 3.8) is 0 Å². The second-order valence-corrected chi connectivity index (χ2v) is 1.92. The van der Waals surface area contributed by atoms with Gasteiger partial charge in [0.15, 0.2) is 0 Å². The maximum Gasteiger partial charge on any atom is 0.311 e. The molecule has 0 spiro atoms. The van der Waals surface area contributed by atoms with Gasteiger partial charge < -0.3 is 0 Å². The molecule has 3 nitrogen and oxygen atoms in total. The van der Waals surface area contributed by atoms with E-state index in [4.69, 9.17) is 0 Å². The molecule has 1 heterocycles. The largest absolute Gasteiger partial charge is 0.311 e. The summed E-state index contributed by atoms with van der Waals surface area (Å²) in [5.41, 5.74) is -0.564. The monoisotopic (exact) mass is 126 g/mol. The lowest BCUT2D eigenvalue weighted by atomic mass is 11.5. The van der Waals surface area contributed by atoms with Gasteiger partial charge in [-0.3, -0.25) is 0 Å². The van der Waals surface area contributed by atoms with E-state index in [2.05, 4.69) is 21.0 Å². The zero-order valence-electron chi connectivity index (χ0n) is 2.66. The number of hydrogen-bond acceptors (Lipinski definition) is 4. The van der Waals surface area contributed by atoms with Crippen molar-refractivity contribution < 1.29 is 12.6 Å². The van der Waals surface area contributed by atoms with Gasteiger partial charge in [-0.05, 0) is 0 Å². The highest BCUT2D eigenvalue weighted by Gasteiger charge is 2.23. The van der Waals surface area contributed by atoms with Gasteiger partial charge in [0.1, 0.15) is 0 Å². The molecule has 0 unspecified atom stereocenters. The second kappa shape index (κ2) is 1.49. The number of rotatable bonds is 0. The molecular formula is CH2O3S2. The van der Waals surface area contributed by atoms with Gasteiger partial charge in [0.2, 0.25) is 5.62 Å². The summed E-state index contributed by atoms with van der Waals surface area (Å²) in [5, 5.41) is 0. The van der Waals surface area contributed by atoms with E-state index < -0.39 is 17.0 Å². The van der Waals surface area contributed by atoms with Gasteiger partial charge >= 0.3 is 11.4 Å². The zero-order chi connectivity index (χ0) is 4.57. The Morgan fingerprint density at radius 3 is 2.17 bits per heavy atom. The molecular weight excluding hydrogens is 124 g/mol. The van der Waals surface area contributed by atoms with Crippen molar-refractivity contribution in [2.75, 3.05) is 0 Å². The van der Waals surface area contributed by atoms with E-state index in [0.29, 0.717) is 0 Å². The summed E-state index contributed by atoms with van der Waals surface area (Å²) < 4.78 is 18.2. The van der Waals surface area contributed by atoms with Crippen molar-refractivity contribution in [3.05, 3.63) is 0 Å². The van der Waals surface area contributed by atoms with E-state index in [0.717, 1.165) is 0 Å². The molecule has 5 heteroatoms. The molecule has 0 N–H and O–H groups in total. The molecule has 36 valence electrons. The fourth-order valence-corrected chi connectivity index (χ4v) is 0.847. The second-order valence-electron chi connectivity index (χ2n) is 0.704. The van der Waals surface area contributed by atoms with Gasteiger partial charge in [-0.15, -0.1) is 12.6 Å². The fraction of sp³-hybridized carbons (Fsp3) is 1.00. The van der Waals surface area contributed by atoms with E-state index >= 15 is 0 Å². The van der Waals surface area contributed by atoms with Gasteiger partial charge in [-0.2, -0.15) is 4.21 Å². The molecule has 0 radical (unpaired) electrons. The summed E-state index contributed by atoms with van der Waals surface area (Å²) in [6, 6.07) is 0. The SMILES string of the molecule is O=S1OC(S)O1. The molecule has 0 atom stereocenters. The lowest BCUT2D eigenvalue weighted by Crippen LogP contribution is -2.25. The van der Waals surface area contributed by atoms with Gasteiger partial charge in [-0.25, -0.2) is 8.37 Å². The Labute approximate surface area is 42.9 Å². The van der Waals surface area contributed by atoms with Crippen LogP contribution in [0.1, 0.15) is 0 Å². The molecule has 1 rings (SSSR count). The first kappa shape index (κ1) is 4.58. The van der Waals surface area contributed by atoms with Crippen LogP contribution in [0.15, 0.2) is 0 Å². The molecule has 1 fully saturated rings. The highest BCUT2D eigenvalue weighted by molar-refractivity contribution is 7.84. The molecule has 0 aliphatic carbocycles. The summed E-state index contributed by atoms with van der Waals surface area (Å²) in [7, 11) is 0. The Balaban J connectivity index is 2.28. The summed E-state index contributed by atoms with van der Waals surface area (Å²) in [6.07, 6.45) is 0. The van der Waals surface area contributed by atoms with Crippen LogP contribution in [-0.2, 0) is 19.7 Å². The van der Waals surface area contributed by atoms with Crippen LogP contribution in [-0.4, -0.2) is 9.83 Å². The number of hydrogen-bond donors (Lipinski definition) is 1. The topological polar surface area (TPSA) is 35.5 Å². The maximum atomic E-state index is 9.73. The molecule has 0 aromatic heterocycles. The lowest BCUT2D eigenvalue weighted by molar-refractivity contribution is 0.0143. The predicted octanol–water partition coefficient (Wildman–Crippen LogP) is -0.175. The minimum atomic E-state index is -1.50. The van der Waals surface area contributed by atoms with Crippen molar-refractivity contribution >= 4 is 24.0 Å². The standard InChI is InChI=1S/CH2O3S2/c2-6-3-1(5)4-6/h1,5H. The maximum absolute atomic E-state index is 9.73. The van der Waals surface area contributed by atoms with Crippen LogP contribution in [0.4, 0.5) is 0 Å². The van der Waals surface area contributed by atoms with Crippen LogP contribution in [0, 0.1) is 0 Å². The van der Waals surface area contributed by atoms with Gasteiger partial charge in [-0.1, -0.05) is 0 Å². The third-order valence-electron chi connectivity index (χ3n) is 0.322. The summed E-state index contributed by atoms with van der Waals surface area (Å²) >= 11 is 2.11. The van der Waals surface area contributed by atoms with E-state index in [1.165, 1.54) is 0 Å². The first-order valence-electron chi connectivity index (χ1n) is 1.23. The zero-order valence-corrected chi connectivity index (χ0v) is 4.37. The van der Waals surface area contributed by atoms with Crippen molar-refractivity contribution in [2.45, 2.75) is 5.62 Å². The summed E-state index contributed by atoms with van der Waals surface area (Å²) in [4.78, 5) is 0. The van der Waals surface area contributed by atoms with Gasteiger partial charge in [0, 0.05) is 0 Å². The van der Waals surface area contributed by atoms with Crippen LogP contribution in [0.2, 0.25) is 0 Å². The Morgan fingerprint density at radius 2 is 2.17 bits per heavy atom. The third kappa shape index (κ3) is 0.729. The van der Waals surface area contributed by atoms with Crippen molar-refractivity contribution in [1.29, 1.82) is 0 Å². The van der Waals surface area contributed by atoms with Crippen molar-refractivity contribution in [2.24, 2.45) is 0 Å². The van der Waals surface area contributed by atoms with Crippen LogP contribution in [0.3, 0.4) is 0 Å². The van der Waals surface area contributed by atoms with E-state index in [-0.39, 0.29) is 0 Å². The van der Waals surface area contributed by atoms with Crippen LogP contribution in [0.25, 0.3) is 0 Å². The smallest absolute Gasteiger partial charge is 0.225 e. The Bertz CT molecular complexity index is 72.9. The molecule has 1 aliphatic rings. The average molecular weight is 126 g/mol. The Hall–Kier alpha value is 0.420. The van der Waals surface area contributed by atoms with Crippen LogP contribution in [0.5, 0.6) is 0 Å². The highest BCUT2D eigenvalue weighted by atomic mass is 32.2. The molecule has 0 amide bonds. The quantitative estimate of drug-likeness (QED) is 0.457. The van der Waals surface area contributed by atoms with Crippen molar-refractivity contribution in [1.82, 2.24) is 0 Å². The third-order valence-corrected chi connectivity index (χ3v) is 1.48. The number of thiol groups is 1.